The number of Topliss-reactive ketones (excluding diaryl/α,β-unsaturated/α-hetero) is 2. The number of fused-ring (bicyclic) bond motifs is 3. The van der Waals surface area contributed by atoms with Crippen molar-refractivity contribution in [1.29, 1.82) is 0 Å². The Bertz CT molecular complexity index is 969. The number of esters is 1. The van der Waals surface area contributed by atoms with E-state index in [1.54, 1.807) is 0 Å². The molecular weight excluding hydrogens is 364 g/mol. The topological polar surface area (TPSA) is 103 Å². The Labute approximate surface area is 161 Å². The maximum Gasteiger partial charge on any atom is 0.342 e. The number of rotatable bonds is 2. The average Bonchev–Trinajstić information content (AvgIpc) is 3.21. The van der Waals surface area contributed by atoms with Crippen molar-refractivity contribution in [3.63, 3.8) is 0 Å². The number of aliphatic hydroxyl groups excluding tert-OH is 1. The van der Waals surface area contributed by atoms with Crippen LogP contribution < -0.4 is 0 Å². The van der Waals surface area contributed by atoms with Crippen LogP contribution in [0.5, 0.6) is 0 Å². The lowest BCUT2D eigenvalue weighted by molar-refractivity contribution is -0.128. The highest BCUT2D eigenvalue weighted by Gasteiger charge is 2.63. The van der Waals surface area contributed by atoms with E-state index in [4.69, 9.17) is 13.9 Å². The van der Waals surface area contributed by atoms with Crippen LogP contribution in [0.2, 0.25) is 0 Å². The van der Waals surface area contributed by atoms with Crippen LogP contribution in [0.3, 0.4) is 0 Å². The number of furan rings is 1. The van der Waals surface area contributed by atoms with Crippen LogP contribution in [0.4, 0.5) is 0 Å². The second kappa shape index (κ2) is 5.42. The number of hydrogen-bond donors (Lipinski definition) is 1. The van der Waals surface area contributed by atoms with Crippen LogP contribution in [0.15, 0.2) is 21.8 Å². The smallest absolute Gasteiger partial charge is 0.342 e. The maximum atomic E-state index is 13.4. The summed E-state index contributed by atoms with van der Waals surface area (Å²) in [5.41, 5.74) is -0.00741. The number of allylic oxidation sites excluding steroid dienone is 1. The summed E-state index contributed by atoms with van der Waals surface area (Å²) in [6.07, 6.45) is 0.786. The van der Waals surface area contributed by atoms with Gasteiger partial charge < -0.3 is 19.0 Å². The molecule has 4 aliphatic rings. The third-order valence-corrected chi connectivity index (χ3v) is 7.41. The lowest BCUT2D eigenvalue weighted by Crippen LogP contribution is -2.56. The van der Waals surface area contributed by atoms with E-state index in [0.717, 1.165) is 0 Å². The molecule has 148 valence electrons. The number of ether oxygens (including phenoxy) is 2. The first-order chi connectivity index (χ1) is 13.2. The van der Waals surface area contributed by atoms with Gasteiger partial charge in [0.2, 0.25) is 5.78 Å². The molecule has 0 spiro atoms. The van der Waals surface area contributed by atoms with Gasteiger partial charge in [0, 0.05) is 36.0 Å². The molecule has 0 saturated heterocycles. The zero-order valence-corrected chi connectivity index (χ0v) is 16.0. The van der Waals surface area contributed by atoms with Gasteiger partial charge in [0.25, 0.3) is 0 Å². The summed E-state index contributed by atoms with van der Waals surface area (Å²) in [6.45, 7) is 3.82. The lowest BCUT2D eigenvalue weighted by Gasteiger charge is -2.51. The van der Waals surface area contributed by atoms with E-state index in [1.807, 2.05) is 13.8 Å². The van der Waals surface area contributed by atoms with Gasteiger partial charge in [-0.25, -0.2) is 4.79 Å². The zero-order chi connectivity index (χ0) is 20.0. The minimum Gasteiger partial charge on any atom is -0.460 e. The molecule has 5 atom stereocenters. The number of ketones is 2. The number of cyclic esters (lactones) is 1. The largest absolute Gasteiger partial charge is 0.460 e. The molecule has 1 aliphatic heterocycles. The first-order valence-corrected chi connectivity index (χ1v) is 9.57. The molecule has 0 amide bonds. The predicted octanol–water partition coefficient (Wildman–Crippen LogP) is 1.97. The number of carbonyl (C=O) groups is 3. The van der Waals surface area contributed by atoms with Crippen molar-refractivity contribution < 1.29 is 33.4 Å². The first-order valence-electron chi connectivity index (χ1n) is 9.57. The van der Waals surface area contributed by atoms with E-state index in [-0.39, 0.29) is 41.8 Å². The SMILES string of the molecule is COC[C@H]1OC(=O)c2coc3c2[C@@]1(C)C1=C(C3=O)[C@@H]2CCC(=O)[C@@]2(C)C[C@H]1O. The third-order valence-electron chi connectivity index (χ3n) is 7.41. The standard InChI is InChI=1S/C21H22O7/c1-20-6-11(22)16-14(10(20)4-5-12(20)23)17(24)18-15-9(7-27-18)19(25)28-13(8-26-3)21(15,16)2/h7,10-11,13,22H,4-6,8H2,1-3H3/t10-,11+,13+,20-,21-/m0/s1. The van der Waals surface area contributed by atoms with Crippen molar-refractivity contribution in [3.8, 4) is 0 Å². The van der Waals surface area contributed by atoms with E-state index in [2.05, 4.69) is 0 Å². The summed E-state index contributed by atoms with van der Waals surface area (Å²) in [4.78, 5) is 38.5. The summed E-state index contributed by atoms with van der Waals surface area (Å²) in [6, 6.07) is 0. The van der Waals surface area contributed by atoms with Gasteiger partial charge in [-0.1, -0.05) is 6.92 Å². The molecule has 0 bridgehead atoms. The van der Waals surface area contributed by atoms with E-state index in [9.17, 15) is 19.5 Å². The van der Waals surface area contributed by atoms with Crippen LogP contribution >= 0.6 is 0 Å². The van der Waals surface area contributed by atoms with Crippen molar-refractivity contribution in [1.82, 2.24) is 0 Å². The molecule has 1 aromatic heterocycles. The molecule has 3 aliphatic carbocycles. The Balaban J connectivity index is 1.82. The third kappa shape index (κ3) is 1.84. The minimum atomic E-state index is -0.987. The average molecular weight is 386 g/mol. The van der Waals surface area contributed by atoms with Gasteiger partial charge in [-0.2, -0.15) is 0 Å². The molecule has 2 heterocycles. The predicted molar refractivity (Wildman–Crippen MR) is 95.0 cm³/mol. The van der Waals surface area contributed by atoms with Crippen molar-refractivity contribution in [2.75, 3.05) is 13.7 Å². The second-order valence-corrected chi connectivity index (χ2v) is 8.71. The highest BCUT2D eigenvalue weighted by atomic mass is 16.6. The number of carbonyl (C=O) groups excluding carboxylic acids is 3. The molecule has 1 aromatic rings. The van der Waals surface area contributed by atoms with Gasteiger partial charge in [-0.15, -0.1) is 0 Å². The van der Waals surface area contributed by atoms with Gasteiger partial charge >= 0.3 is 5.97 Å². The lowest BCUT2D eigenvalue weighted by atomic mass is 9.54. The Hall–Kier alpha value is -2.25. The van der Waals surface area contributed by atoms with Crippen molar-refractivity contribution in [2.24, 2.45) is 11.3 Å². The van der Waals surface area contributed by atoms with Crippen LogP contribution in [0.25, 0.3) is 0 Å². The fraction of sp³-hybridized carbons (Fsp3) is 0.571. The van der Waals surface area contributed by atoms with Crippen LogP contribution in [0.1, 0.15) is 59.6 Å². The Morgan fingerprint density at radius 1 is 1.29 bits per heavy atom. The number of hydrogen-bond acceptors (Lipinski definition) is 7. The fourth-order valence-corrected chi connectivity index (χ4v) is 6.02. The highest BCUT2D eigenvalue weighted by molar-refractivity contribution is 6.14. The first kappa shape index (κ1) is 17.8. The molecule has 1 saturated carbocycles. The molecule has 0 aromatic carbocycles. The van der Waals surface area contributed by atoms with Gasteiger partial charge in [-0.3, -0.25) is 9.59 Å². The van der Waals surface area contributed by atoms with Crippen LogP contribution in [0, 0.1) is 11.3 Å². The Morgan fingerprint density at radius 2 is 2.04 bits per heavy atom. The van der Waals surface area contributed by atoms with Gasteiger partial charge in [0.15, 0.2) is 5.76 Å². The minimum absolute atomic E-state index is 0.0792. The Morgan fingerprint density at radius 3 is 2.75 bits per heavy atom. The molecular formula is C21H22O7. The number of aliphatic hydroxyl groups is 1. The van der Waals surface area contributed by atoms with Gasteiger partial charge in [0.05, 0.1) is 18.1 Å². The summed E-state index contributed by atoms with van der Waals surface area (Å²) in [5.74, 6) is -0.970. The molecule has 7 heteroatoms. The van der Waals surface area contributed by atoms with Crippen molar-refractivity contribution >= 4 is 17.5 Å². The second-order valence-electron chi connectivity index (χ2n) is 8.71. The van der Waals surface area contributed by atoms with Gasteiger partial charge in [-0.05, 0) is 25.3 Å². The molecule has 0 radical (unpaired) electrons. The molecule has 0 unspecified atom stereocenters. The highest BCUT2D eigenvalue weighted by Crippen LogP contribution is 2.60. The van der Waals surface area contributed by atoms with Crippen LogP contribution in [-0.4, -0.2) is 48.6 Å². The summed E-state index contributed by atoms with van der Waals surface area (Å²) in [7, 11) is 1.51. The van der Waals surface area contributed by atoms with E-state index < -0.39 is 29.0 Å². The van der Waals surface area contributed by atoms with E-state index in [0.29, 0.717) is 29.6 Å². The summed E-state index contributed by atoms with van der Waals surface area (Å²) >= 11 is 0. The Kier molecular flexibility index (Phi) is 3.45. The molecule has 1 N–H and O–H groups in total. The molecule has 1 fully saturated rings. The summed E-state index contributed by atoms with van der Waals surface area (Å²) in [5, 5.41) is 11.2. The molecule has 7 nitrogen and oxygen atoms in total. The number of methoxy groups -OCH3 is 1. The van der Waals surface area contributed by atoms with Crippen molar-refractivity contribution in [2.45, 2.75) is 50.7 Å². The quantitative estimate of drug-likeness (QED) is 0.775. The zero-order valence-electron chi connectivity index (χ0n) is 16.0. The van der Waals surface area contributed by atoms with E-state index >= 15 is 0 Å². The maximum absolute atomic E-state index is 13.4. The molecule has 5 rings (SSSR count). The van der Waals surface area contributed by atoms with Crippen molar-refractivity contribution in [3.05, 3.63) is 34.3 Å². The summed E-state index contributed by atoms with van der Waals surface area (Å²) < 4.78 is 16.5. The monoisotopic (exact) mass is 386 g/mol. The van der Waals surface area contributed by atoms with E-state index in [1.165, 1.54) is 13.4 Å². The van der Waals surface area contributed by atoms with Gasteiger partial charge in [0.1, 0.15) is 23.7 Å². The molecule has 28 heavy (non-hydrogen) atoms. The normalized spacial score (nSPS) is 38.9. The fourth-order valence-electron chi connectivity index (χ4n) is 6.02. The van der Waals surface area contributed by atoms with Crippen LogP contribution in [-0.2, 0) is 19.7 Å².